The Labute approximate surface area is 119 Å². The van der Waals surface area contributed by atoms with Gasteiger partial charge in [-0.25, -0.2) is 4.79 Å². The van der Waals surface area contributed by atoms with Gasteiger partial charge in [-0.1, -0.05) is 0 Å². The lowest BCUT2D eigenvalue weighted by Gasteiger charge is -2.42. The van der Waals surface area contributed by atoms with E-state index in [-0.39, 0.29) is 0 Å². The molecule has 15 heteroatoms. The molecule has 0 saturated carbocycles. The molecule has 2 saturated heterocycles. The van der Waals surface area contributed by atoms with E-state index in [2.05, 4.69) is 0 Å². The Morgan fingerprint density at radius 3 is 1.09 bits per heavy atom. The molecule has 0 aromatic rings. The highest BCUT2D eigenvalue weighted by Gasteiger charge is 2.72. The lowest BCUT2D eigenvalue weighted by Crippen LogP contribution is -2.77. The molecule has 15 nitrogen and oxygen atoms in total. The van der Waals surface area contributed by atoms with Crippen LogP contribution in [-0.4, -0.2) is 73.0 Å². The van der Waals surface area contributed by atoms with Crippen LogP contribution in [0.5, 0.6) is 0 Å². The second-order valence-corrected chi connectivity index (χ2v) is 4.99. The average molecular weight is 320 g/mol. The summed E-state index contributed by atoms with van der Waals surface area (Å²) in [6, 6.07) is -0.946. The molecule has 0 atom stereocenters. The van der Waals surface area contributed by atoms with Gasteiger partial charge in [0, 0.05) is 0 Å². The lowest BCUT2D eigenvalue weighted by molar-refractivity contribution is -0.811. The van der Waals surface area contributed by atoms with Crippen molar-refractivity contribution >= 4 is 6.03 Å². The second kappa shape index (κ2) is 4.43. The van der Waals surface area contributed by atoms with Crippen LogP contribution < -0.4 is 0 Å². The first-order valence-electron chi connectivity index (χ1n) is 5.69. The van der Waals surface area contributed by atoms with Gasteiger partial charge in [0.1, 0.15) is 19.7 Å². The van der Waals surface area contributed by atoms with Crippen LogP contribution in [0.2, 0.25) is 0 Å². The van der Waals surface area contributed by atoms with Gasteiger partial charge in [-0.2, -0.15) is 0 Å². The molecular weight excluding hydrogens is 312 g/mol. The normalized spacial score (nSPS) is 21.3. The largest absolute Gasteiger partial charge is 0.492 e. The number of hydrogen-bond donors (Lipinski definition) is 0. The molecule has 0 radical (unpaired) electrons. The Hall–Kier alpha value is -3.13. The van der Waals surface area contributed by atoms with E-state index in [1.165, 1.54) is 0 Å². The van der Waals surface area contributed by atoms with Gasteiger partial charge in [-0.15, -0.1) is 0 Å². The zero-order valence-corrected chi connectivity index (χ0v) is 10.7. The molecule has 22 heavy (non-hydrogen) atoms. The summed E-state index contributed by atoms with van der Waals surface area (Å²) >= 11 is 0. The van der Waals surface area contributed by atoms with E-state index in [1.807, 2.05) is 0 Å². The van der Waals surface area contributed by atoms with Gasteiger partial charge in [0.25, 0.3) is 0 Å². The zero-order chi connectivity index (χ0) is 16.9. The summed E-state index contributed by atoms with van der Waals surface area (Å²) in [6.07, 6.45) is 0. The van der Waals surface area contributed by atoms with E-state index in [1.54, 1.807) is 0 Å². The fourth-order valence-corrected chi connectivity index (χ4v) is 2.20. The standard InChI is InChI=1S/C7H8N6O9/c14-5(8-1-6(2-8,10(15)16)11(17)18)9-3-7(4-9,12(19)20)13(21)22/h1-4H2. The highest BCUT2D eigenvalue weighted by molar-refractivity contribution is 5.76. The van der Waals surface area contributed by atoms with Crippen molar-refractivity contribution in [1.29, 1.82) is 0 Å². The minimum atomic E-state index is -2.50. The molecule has 0 spiro atoms. The van der Waals surface area contributed by atoms with Gasteiger partial charge < -0.3 is 0 Å². The van der Waals surface area contributed by atoms with Crippen LogP contribution in [0.25, 0.3) is 0 Å². The third kappa shape index (κ3) is 1.78. The molecule has 2 rings (SSSR count). The highest BCUT2D eigenvalue weighted by Crippen LogP contribution is 2.31. The Morgan fingerprint density at radius 1 is 0.682 bits per heavy atom. The van der Waals surface area contributed by atoms with E-state index in [4.69, 9.17) is 0 Å². The van der Waals surface area contributed by atoms with Crippen LogP contribution in [0.4, 0.5) is 4.79 Å². The van der Waals surface area contributed by atoms with Crippen LogP contribution in [0.15, 0.2) is 0 Å². The monoisotopic (exact) mass is 320 g/mol. The third-order valence-electron chi connectivity index (χ3n) is 3.68. The Balaban J connectivity index is 2.00. The smallest absolute Gasteiger partial charge is 0.295 e. The van der Waals surface area contributed by atoms with Gasteiger partial charge in [0.15, 0.2) is 26.2 Å². The van der Waals surface area contributed by atoms with E-state index in [0.29, 0.717) is 0 Å². The van der Waals surface area contributed by atoms with Crippen molar-refractivity contribution < 1.29 is 24.5 Å². The summed E-state index contributed by atoms with van der Waals surface area (Å²) in [7, 11) is 0. The van der Waals surface area contributed by atoms with Gasteiger partial charge in [0.2, 0.25) is 0 Å². The molecule has 2 fully saturated rings. The van der Waals surface area contributed by atoms with E-state index in [9.17, 15) is 45.3 Å². The van der Waals surface area contributed by atoms with Crippen LogP contribution in [0.1, 0.15) is 0 Å². The van der Waals surface area contributed by atoms with Crippen LogP contribution in [0.3, 0.4) is 0 Å². The predicted octanol–water partition coefficient (Wildman–Crippen LogP) is -1.76. The maximum atomic E-state index is 11.8. The lowest BCUT2D eigenvalue weighted by atomic mass is 10.00. The number of hydrogen-bond acceptors (Lipinski definition) is 9. The molecule has 2 amide bonds. The molecule has 0 bridgehead atoms. The van der Waals surface area contributed by atoms with Crippen molar-refractivity contribution in [3.8, 4) is 0 Å². The number of likely N-dealkylation sites (tertiary alicyclic amines) is 2. The number of urea groups is 1. The van der Waals surface area contributed by atoms with Crippen molar-refractivity contribution in [2.45, 2.75) is 11.3 Å². The Morgan fingerprint density at radius 2 is 0.909 bits per heavy atom. The SMILES string of the molecule is O=C(N1CC([N+](=O)[O-])([N+](=O)[O-])C1)N1CC([N+](=O)[O-])([N+](=O)[O-])C1. The Bertz CT molecular complexity index is 509. The molecule has 120 valence electrons. The van der Waals surface area contributed by atoms with Gasteiger partial charge in [0.05, 0.1) is 0 Å². The van der Waals surface area contributed by atoms with Crippen LogP contribution in [0, 0.1) is 40.5 Å². The number of rotatable bonds is 4. The van der Waals surface area contributed by atoms with Crippen molar-refractivity contribution in [2.24, 2.45) is 0 Å². The molecule has 0 aromatic carbocycles. The van der Waals surface area contributed by atoms with Gasteiger partial charge in [-0.3, -0.25) is 50.3 Å². The second-order valence-electron chi connectivity index (χ2n) is 4.99. The van der Waals surface area contributed by atoms with Gasteiger partial charge in [-0.05, 0) is 0 Å². The van der Waals surface area contributed by atoms with Gasteiger partial charge >= 0.3 is 17.4 Å². The van der Waals surface area contributed by atoms with E-state index >= 15 is 0 Å². The molecule has 2 aliphatic rings. The molecule has 2 heterocycles. The third-order valence-corrected chi connectivity index (χ3v) is 3.68. The molecule has 0 aromatic heterocycles. The summed E-state index contributed by atoms with van der Waals surface area (Å²) in [5.74, 6) is 0. The highest BCUT2D eigenvalue weighted by atomic mass is 16.7. The summed E-state index contributed by atoms with van der Waals surface area (Å²) < 4.78 is 0. The maximum absolute atomic E-state index is 11.8. The number of carbonyl (C=O) groups is 1. The topological polar surface area (TPSA) is 196 Å². The van der Waals surface area contributed by atoms with Crippen LogP contribution >= 0.6 is 0 Å². The average Bonchev–Trinajstić information content (AvgIpc) is 2.23. The number of amides is 2. The van der Waals surface area contributed by atoms with Crippen molar-refractivity contribution in [3.63, 3.8) is 0 Å². The molecule has 2 aliphatic heterocycles. The van der Waals surface area contributed by atoms with Crippen molar-refractivity contribution in [2.75, 3.05) is 26.2 Å². The summed E-state index contributed by atoms with van der Waals surface area (Å²) in [4.78, 5) is 51.6. The molecular formula is C7H8N6O9. The van der Waals surface area contributed by atoms with E-state index in [0.717, 1.165) is 9.80 Å². The first-order valence-corrected chi connectivity index (χ1v) is 5.69. The summed E-state index contributed by atoms with van der Waals surface area (Å²) in [6.45, 7) is -3.20. The number of nitro groups is 4. The van der Waals surface area contributed by atoms with E-state index < -0.39 is 63.2 Å². The number of nitrogens with zero attached hydrogens (tertiary/aromatic N) is 6. The fraction of sp³-hybridized carbons (Fsp3) is 0.857. The van der Waals surface area contributed by atoms with Crippen molar-refractivity contribution in [1.82, 2.24) is 9.80 Å². The van der Waals surface area contributed by atoms with Crippen LogP contribution in [-0.2, 0) is 0 Å². The molecule has 0 N–H and O–H groups in total. The maximum Gasteiger partial charge on any atom is 0.492 e. The molecule has 0 unspecified atom stereocenters. The first-order chi connectivity index (χ1) is 10.1. The minimum absolute atomic E-state index is 0.745. The van der Waals surface area contributed by atoms with Crippen molar-refractivity contribution in [3.05, 3.63) is 40.5 Å². The fourth-order valence-electron chi connectivity index (χ4n) is 2.20. The number of carbonyl (C=O) groups excluding carboxylic acids is 1. The Kier molecular flexibility index (Phi) is 3.08. The quantitative estimate of drug-likeness (QED) is 0.327. The predicted molar refractivity (Wildman–Crippen MR) is 62.0 cm³/mol. The minimum Gasteiger partial charge on any atom is -0.295 e. The molecule has 0 aliphatic carbocycles. The first kappa shape index (κ1) is 15.3. The summed E-state index contributed by atoms with van der Waals surface area (Å²) in [5, 5.41) is 42.7. The summed E-state index contributed by atoms with van der Waals surface area (Å²) in [5.41, 5.74) is -4.99. The zero-order valence-electron chi connectivity index (χ0n) is 10.7.